The van der Waals surface area contributed by atoms with Crippen molar-refractivity contribution < 1.29 is 14.4 Å². The third kappa shape index (κ3) is 4.50. The molecule has 1 saturated heterocycles. The molecule has 1 fully saturated rings. The summed E-state index contributed by atoms with van der Waals surface area (Å²) in [6.45, 7) is 7.83. The molecule has 0 bridgehead atoms. The number of anilines is 2. The van der Waals surface area contributed by atoms with Gasteiger partial charge < -0.3 is 10.2 Å². The third-order valence-corrected chi connectivity index (χ3v) is 7.45. The summed E-state index contributed by atoms with van der Waals surface area (Å²) < 4.78 is 0. The summed E-state index contributed by atoms with van der Waals surface area (Å²) in [6.07, 6.45) is 3.81. The van der Waals surface area contributed by atoms with E-state index in [4.69, 9.17) is 11.6 Å². The van der Waals surface area contributed by atoms with Gasteiger partial charge in [0.1, 0.15) is 6.54 Å². The summed E-state index contributed by atoms with van der Waals surface area (Å²) in [5.41, 5.74) is 5.19. The molecule has 3 amide bonds. The first-order valence-electron chi connectivity index (χ1n) is 10.9. The Kier molecular flexibility index (Phi) is 6.36. The fraction of sp³-hybridized carbons (Fsp3) is 0.269. The van der Waals surface area contributed by atoms with Crippen LogP contribution in [0.2, 0.25) is 5.02 Å². The van der Waals surface area contributed by atoms with Gasteiger partial charge in [0, 0.05) is 29.0 Å². The Morgan fingerprint density at radius 1 is 1.18 bits per heavy atom. The van der Waals surface area contributed by atoms with Gasteiger partial charge in [-0.1, -0.05) is 35.9 Å². The molecule has 0 unspecified atom stereocenters. The Hall–Kier alpha value is -3.03. The summed E-state index contributed by atoms with van der Waals surface area (Å²) >= 11 is 7.39. The first kappa shape index (κ1) is 24.1. The highest BCUT2D eigenvalue weighted by Gasteiger charge is 2.37. The molecule has 2 aliphatic rings. The van der Waals surface area contributed by atoms with Crippen LogP contribution in [0, 0.1) is 6.92 Å². The van der Waals surface area contributed by atoms with E-state index in [1.54, 1.807) is 12.1 Å². The highest BCUT2D eigenvalue weighted by molar-refractivity contribution is 8.18. The van der Waals surface area contributed by atoms with Gasteiger partial charge >= 0.3 is 0 Å². The molecule has 1 N–H and O–H groups in total. The molecule has 0 aliphatic carbocycles. The number of imide groups is 1. The maximum Gasteiger partial charge on any atom is 0.294 e. The molecule has 0 saturated carbocycles. The molecule has 34 heavy (non-hydrogen) atoms. The van der Waals surface area contributed by atoms with Crippen LogP contribution in [0.15, 0.2) is 47.4 Å². The van der Waals surface area contributed by atoms with E-state index < -0.39 is 17.1 Å². The zero-order chi connectivity index (χ0) is 24.8. The lowest BCUT2D eigenvalue weighted by Gasteiger charge is -2.40. The van der Waals surface area contributed by atoms with Crippen LogP contribution < -0.4 is 10.2 Å². The van der Waals surface area contributed by atoms with Crippen molar-refractivity contribution in [3.05, 3.63) is 69.1 Å². The fourth-order valence-corrected chi connectivity index (χ4v) is 5.16. The predicted octanol–water partition coefficient (Wildman–Crippen LogP) is 5.96. The number of hydrogen-bond acceptors (Lipinski definition) is 5. The van der Waals surface area contributed by atoms with Crippen molar-refractivity contribution in [3.8, 4) is 0 Å². The van der Waals surface area contributed by atoms with Gasteiger partial charge in [-0.25, -0.2) is 0 Å². The van der Waals surface area contributed by atoms with E-state index in [1.807, 2.05) is 51.2 Å². The quantitative estimate of drug-likeness (QED) is 0.530. The van der Waals surface area contributed by atoms with Crippen molar-refractivity contribution in [3.63, 3.8) is 0 Å². The molecular weight excluding hydrogens is 470 g/mol. The lowest BCUT2D eigenvalue weighted by atomic mass is 9.88. The molecule has 0 atom stereocenters. The van der Waals surface area contributed by atoms with Crippen molar-refractivity contribution in [1.82, 2.24) is 4.90 Å². The van der Waals surface area contributed by atoms with Gasteiger partial charge in [0.2, 0.25) is 5.91 Å². The third-order valence-electron chi connectivity index (χ3n) is 6.22. The molecular formula is C26H26ClN3O3S. The highest BCUT2D eigenvalue weighted by Crippen LogP contribution is 2.42. The topological polar surface area (TPSA) is 69.7 Å². The second-order valence-electron chi connectivity index (χ2n) is 9.06. The van der Waals surface area contributed by atoms with Gasteiger partial charge in [-0.2, -0.15) is 0 Å². The number of rotatable bonds is 4. The summed E-state index contributed by atoms with van der Waals surface area (Å²) in [5, 5.41) is 2.76. The van der Waals surface area contributed by atoms with Gasteiger partial charge in [-0.15, -0.1) is 0 Å². The molecule has 0 spiro atoms. The number of carbonyl (C=O) groups is 3. The molecule has 2 aromatic carbocycles. The van der Waals surface area contributed by atoms with Crippen LogP contribution in [0.3, 0.4) is 0 Å². The number of nitrogens with zero attached hydrogens (tertiary/aromatic N) is 2. The van der Waals surface area contributed by atoms with E-state index in [-0.39, 0.29) is 17.0 Å². The van der Waals surface area contributed by atoms with E-state index in [1.165, 1.54) is 0 Å². The van der Waals surface area contributed by atoms with Crippen LogP contribution in [0.5, 0.6) is 0 Å². The molecule has 8 heteroatoms. The van der Waals surface area contributed by atoms with Crippen LogP contribution in [0.1, 0.15) is 37.5 Å². The molecule has 4 rings (SSSR count). The van der Waals surface area contributed by atoms with Crippen LogP contribution in [-0.2, 0) is 9.59 Å². The van der Waals surface area contributed by atoms with Crippen molar-refractivity contribution in [1.29, 1.82) is 0 Å². The number of fused-ring (bicyclic) bond motifs is 1. The molecule has 2 aliphatic heterocycles. The number of nitrogens with one attached hydrogen (secondary N) is 1. The highest BCUT2D eigenvalue weighted by atomic mass is 35.5. The number of benzene rings is 2. The average Bonchev–Trinajstić information content (AvgIpc) is 3.02. The Labute approximate surface area is 208 Å². The van der Waals surface area contributed by atoms with E-state index in [0.29, 0.717) is 16.3 Å². The Morgan fingerprint density at radius 3 is 2.59 bits per heavy atom. The minimum absolute atomic E-state index is 0.149. The molecule has 2 heterocycles. The van der Waals surface area contributed by atoms with Gasteiger partial charge in [0.15, 0.2) is 0 Å². The minimum Gasteiger partial charge on any atom is -0.365 e. The Morgan fingerprint density at radius 2 is 1.88 bits per heavy atom. The monoisotopic (exact) mass is 495 g/mol. The second kappa shape index (κ2) is 8.96. The molecule has 0 aromatic heterocycles. The number of amides is 3. The fourth-order valence-electron chi connectivity index (χ4n) is 4.12. The van der Waals surface area contributed by atoms with Gasteiger partial charge in [-0.05, 0) is 80.4 Å². The number of aryl methyl sites for hydroxylation is 1. The van der Waals surface area contributed by atoms with Crippen LogP contribution in [0.4, 0.5) is 16.2 Å². The Bertz CT molecular complexity index is 1280. The van der Waals surface area contributed by atoms with Crippen molar-refractivity contribution >= 4 is 63.4 Å². The van der Waals surface area contributed by atoms with Crippen molar-refractivity contribution in [2.45, 2.75) is 33.2 Å². The summed E-state index contributed by atoms with van der Waals surface area (Å²) in [6, 6.07) is 11.1. The largest absolute Gasteiger partial charge is 0.365 e. The lowest BCUT2D eigenvalue weighted by Crippen LogP contribution is -2.42. The first-order chi connectivity index (χ1) is 16.0. The lowest BCUT2D eigenvalue weighted by molar-refractivity contribution is -0.127. The van der Waals surface area contributed by atoms with Crippen molar-refractivity contribution in [2.24, 2.45) is 0 Å². The van der Waals surface area contributed by atoms with Crippen LogP contribution in [-0.4, -0.2) is 41.1 Å². The molecule has 2 aromatic rings. The van der Waals surface area contributed by atoms with E-state index in [0.717, 1.165) is 39.0 Å². The van der Waals surface area contributed by atoms with Gasteiger partial charge in [0.25, 0.3) is 11.1 Å². The maximum atomic E-state index is 13.0. The summed E-state index contributed by atoms with van der Waals surface area (Å²) in [7, 11) is 2.02. The van der Waals surface area contributed by atoms with E-state index in [2.05, 4.69) is 30.1 Å². The number of allylic oxidation sites excluding steroid dienone is 1. The maximum absolute atomic E-state index is 13.0. The first-order valence-corrected chi connectivity index (χ1v) is 12.1. The number of thioether (sulfide) groups is 1. The SMILES string of the molecule is CC1=CC(C)(C)N(C)c2cc(Cl)c(/C=C3/SC(=O)N(CC(=O)Nc4ccccc4C)C3=O)cc21. The second-order valence-corrected chi connectivity index (χ2v) is 10.5. The number of para-hydroxylation sites is 1. The molecule has 6 nitrogen and oxygen atoms in total. The zero-order valence-corrected chi connectivity index (χ0v) is 21.3. The summed E-state index contributed by atoms with van der Waals surface area (Å²) in [5.74, 6) is -0.940. The van der Waals surface area contributed by atoms with Gasteiger partial charge in [-0.3, -0.25) is 19.3 Å². The smallest absolute Gasteiger partial charge is 0.294 e. The number of likely N-dealkylation sites (N-methyl/N-ethyl adjacent to an activating group) is 1. The Balaban J connectivity index is 1.56. The number of carbonyl (C=O) groups excluding carboxylic acids is 3. The minimum atomic E-state index is -0.505. The molecule has 176 valence electrons. The van der Waals surface area contributed by atoms with Crippen LogP contribution in [0.25, 0.3) is 11.6 Å². The van der Waals surface area contributed by atoms with Crippen LogP contribution >= 0.6 is 23.4 Å². The normalized spacial score (nSPS) is 18.3. The molecule has 0 radical (unpaired) electrons. The van der Waals surface area contributed by atoms with Crippen molar-refractivity contribution in [2.75, 3.05) is 23.8 Å². The number of hydrogen-bond donors (Lipinski definition) is 1. The van der Waals surface area contributed by atoms with Gasteiger partial charge in [0.05, 0.1) is 10.4 Å². The predicted molar refractivity (Wildman–Crippen MR) is 140 cm³/mol. The zero-order valence-electron chi connectivity index (χ0n) is 19.7. The number of halogens is 1. The average molecular weight is 496 g/mol. The summed E-state index contributed by atoms with van der Waals surface area (Å²) in [4.78, 5) is 41.3. The standard InChI is InChI=1S/C26H26ClN3O3S/c1-15-8-6-7-9-20(15)28-23(31)14-30-24(32)22(34-25(30)33)11-17-10-18-16(2)13-26(3,4)29(5)21(18)12-19(17)27/h6-13H,14H2,1-5H3,(H,28,31)/b22-11+. The van der Waals surface area contributed by atoms with E-state index in [9.17, 15) is 14.4 Å². The van der Waals surface area contributed by atoms with E-state index >= 15 is 0 Å².